The number of aryl methyl sites for hydroxylation is 2. The Bertz CT molecular complexity index is 1420. The highest BCUT2D eigenvalue weighted by Gasteiger charge is 2.28. The van der Waals surface area contributed by atoms with Crippen molar-refractivity contribution in [1.29, 1.82) is 0 Å². The molecule has 178 valence electrons. The quantitative estimate of drug-likeness (QED) is 0.424. The molecule has 0 saturated heterocycles. The molecular weight excluding hydrogens is 468 g/mol. The number of benzene rings is 3. The molecule has 1 amide bonds. The summed E-state index contributed by atoms with van der Waals surface area (Å²) in [5.74, 6) is 2.48. The fourth-order valence-electron chi connectivity index (χ4n) is 4.56. The van der Waals surface area contributed by atoms with Gasteiger partial charge in [-0.1, -0.05) is 18.2 Å². The standard InChI is InChI=1S/C27H22N2O5.ClH/c1-31-23-8-7-17-11-22-20-13-25-24(33-16-34-25)12-18(20)9-10-29(22)14-21(17)27(23)32-15-26(30)28-19-5-3-2-4-6-19;/h2-8,11-14H,9-10,15-16H2,1H3;1H. The summed E-state index contributed by atoms with van der Waals surface area (Å²) in [5, 5.41) is 4.73. The van der Waals surface area contributed by atoms with E-state index in [-0.39, 0.29) is 31.7 Å². The summed E-state index contributed by atoms with van der Waals surface area (Å²) < 4.78 is 24.9. The van der Waals surface area contributed by atoms with Crippen LogP contribution < -0.4 is 41.2 Å². The zero-order chi connectivity index (χ0) is 23.1. The number of ether oxygens (including phenoxy) is 4. The molecule has 3 aromatic carbocycles. The van der Waals surface area contributed by atoms with Gasteiger partial charge in [-0.2, -0.15) is 4.57 Å². The topological polar surface area (TPSA) is 69.9 Å². The Balaban J connectivity index is 0.00000253. The number of nitrogens with zero attached hydrogens (tertiary/aromatic N) is 1. The van der Waals surface area contributed by atoms with Gasteiger partial charge < -0.3 is 36.7 Å². The van der Waals surface area contributed by atoms with Crippen molar-refractivity contribution >= 4 is 22.4 Å². The number of halogens is 1. The van der Waals surface area contributed by atoms with E-state index in [0.29, 0.717) is 11.5 Å². The lowest BCUT2D eigenvalue weighted by Crippen LogP contribution is -3.00. The second kappa shape index (κ2) is 9.35. The van der Waals surface area contributed by atoms with Crippen molar-refractivity contribution in [3.05, 3.63) is 72.4 Å². The summed E-state index contributed by atoms with van der Waals surface area (Å²) in [6.07, 6.45) is 2.96. The number of amides is 1. The van der Waals surface area contributed by atoms with Gasteiger partial charge in [-0.15, -0.1) is 0 Å². The number of carbonyl (C=O) groups excluding carboxylic acids is 1. The van der Waals surface area contributed by atoms with E-state index in [1.807, 2.05) is 42.5 Å². The molecule has 6 rings (SSSR count). The second-order valence-corrected chi connectivity index (χ2v) is 8.27. The molecule has 0 spiro atoms. The molecule has 0 radical (unpaired) electrons. The van der Waals surface area contributed by atoms with Crippen LogP contribution in [0.1, 0.15) is 5.56 Å². The van der Waals surface area contributed by atoms with Crippen molar-refractivity contribution < 1.29 is 40.7 Å². The fraction of sp³-hybridized carbons (Fsp3) is 0.185. The first-order chi connectivity index (χ1) is 16.7. The fourth-order valence-corrected chi connectivity index (χ4v) is 4.56. The molecule has 2 aliphatic heterocycles. The van der Waals surface area contributed by atoms with E-state index >= 15 is 0 Å². The predicted octanol–water partition coefficient (Wildman–Crippen LogP) is 1.11. The van der Waals surface area contributed by atoms with Crippen LogP contribution in [-0.2, 0) is 17.8 Å². The Labute approximate surface area is 208 Å². The minimum absolute atomic E-state index is 0. The summed E-state index contributed by atoms with van der Waals surface area (Å²) in [4.78, 5) is 12.5. The Hall–Kier alpha value is -3.97. The molecule has 3 heterocycles. The molecule has 35 heavy (non-hydrogen) atoms. The number of pyridine rings is 1. The number of hydrogen-bond acceptors (Lipinski definition) is 5. The van der Waals surface area contributed by atoms with Crippen molar-refractivity contribution in [2.24, 2.45) is 0 Å². The van der Waals surface area contributed by atoms with Crippen molar-refractivity contribution in [3.63, 3.8) is 0 Å². The van der Waals surface area contributed by atoms with Gasteiger partial charge in [0.25, 0.3) is 5.91 Å². The second-order valence-electron chi connectivity index (χ2n) is 8.27. The molecule has 0 atom stereocenters. The Morgan fingerprint density at radius 3 is 2.66 bits per heavy atom. The maximum Gasteiger partial charge on any atom is 0.262 e. The van der Waals surface area contributed by atoms with Gasteiger partial charge in [-0.25, -0.2) is 0 Å². The molecule has 4 aromatic rings. The van der Waals surface area contributed by atoms with E-state index in [0.717, 1.165) is 52.2 Å². The molecule has 7 nitrogen and oxygen atoms in total. The average Bonchev–Trinajstić information content (AvgIpc) is 3.33. The molecule has 1 aromatic heterocycles. The monoisotopic (exact) mass is 490 g/mol. The first-order valence-corrected chi connectivity index (χ1v) is 11.1. The zero-order valence-corrected chi connectivity index (χ0v) is 19.8. The lowest BCUT2D eigenvalue weighted by atomic mass is 9.95. The van der Waals surface area contributed by atoms with Crippen LogP contribution in [0.15, 0.2) is 66.9 Å². The minimum Gasteiger partial charge on any atom is -1.00 e. The number of fused-ring (bicyclic) bond motifs is 5. The van der Waals surface area contributed by atoms with Crippen LogP contribution in [0.2, 0.25) is 0 Å². The molecule has 0 unspecified atom stereocenters. The van der Waals surface area contributed by atoms with Gasteiger partial charge in [0, 0.05) is 18.2 Å². The highest BCUT2D eigenvalue weighted by molar-refractivity contribution is 5.94. The van der Waals surface area contributed by atoms with E-state index in [1.165, 1.54) is 5.56 Å². The first-order valence-electron chi connectivity index (χ1n) is 11.1. The molecular formula is C27H23ClN2O5. The van der Waals surface area contributed by atoms with Gasteiger partial charge in [-0.3, -0.25) is 4.79 Å². The number of nitrogens with one attached hydrogen (secondary N) is 1. The van der Waals surface area contributed by atoms with Crippen LogP contribution in [0.4, 0.5) is 5.69 Å². The third-order valence-electron chi connectivity index (χ3n) is 6.20. The number of methoxy groups -OCH3 is 1. The zero-order valence-electron chi connectivity index (χ0n) is 19.0. The van der Waals surface area contributed by atoms with Crippen molar-refractivity contribution in [2.45, 2.75) is 13.0 Å². The van der Waals surface area contributed by atoms with E-state index in [2.05, 4.69) is 34.3 Å². The number of carbonyl (C=O) groups is 1. The van der Waals surface area contributed by atoms with E-state index in [4.69, 9.17) is 18.9 Å². The number of para-hydroxylation sites is 1. The number of anilines is 1. The Kier molecular flexibility index (Phi) is 6.09. The molecule has 0 saturated carbocycles. The molecule has 0 fully saturated rings. The van der Waals surface area contributed by atoms with Crippen LogP contribution in [0, 0.1) is 0 Å². The molecule has 1 N–H and O–H groups in total. The van der Waals surface area contributed by atoms with Gasteiger partial charge in [0.05, 0.1) is 18.1 Å². The van der Waals surface area contributed by atoms with E-state index < -0.39 is 0 Å². The summed E-state index contributed by atoms with van der Waals surface area (Å²) in [6.45, 7) is 0.954. The van der Waals surface area contributed by atoms with Gasteiger partial charge in [-0.05, 0) is 47.3 Å². The highest BCUT2D eigenvalue weighted by atomic mass is 35.5. The van der Waals surface area contributed by atoms with Gasteiger partial charge in [0.2, 0.25) is 12.5 Å². The van der Waals surface area contributed by atoms with Gasteiger partial charge in [0.1, 0.15) is 0 Å². The summed E-state index contributed by atoms with van der Waals surface area (Å²) in [7, 11) is 1.60. The summed E-state index contributed by atoms with van der Waals surface area (Å²) in [6, 6.07) is 19.5. The summed E-state index contributed by atoms with van der Waals surface area (Å²) in [5.41, 5.74) is 4.21. The Morgan fingerprint density at radius 2 is 1.86 bits per heavy atom. The Morgan fingerprint density at radius 1 is 1.06 bits per heavy atom. The van der Waals surface area contributed by atoms with Crippen LogP contribution in [0.3, 0.4) is 0 Å². The minimum atomic E-state index is -0.235. The van der Waals surface area contributed by atoms with Crippen molar-refractivity contribution in [2.75, 3.05) is 25.8 Å². The molecule has 0 bridgehead atoms. The van der Waals surface area contributed by atoms with Crippen molar-refractivity contribution in [3.8, 4) is 34.3 Å². The number of hydrogen-bond donors (Lipinski definition) is 1. The van der Waals surface area contributed by atoms with E-state index in [1.54, 1.807) is 7.11 Å². The average molecular weight is 491 g/mol. The van der Waals surface area contributed by atoms with Crippen LogP contribution in [0.25, 0.3) is 22.0 Å². The number of aromatic nitrogens is 1. The SMILES string of the molecule is COc1ccc2cc3[n+](cc2c1OCC(=O)Nc1ccccc1)CCc1cc2c(cc1-3)OCO2.[Cl-]. The lowest BCUT2D eigenvalue weighted by Gasteiger charge is -2.18. The largest absolute Gasteiger partial charge is 1.00 e. The van der Waals surface area contributed by atoms with Crippen molar-refractivity contribution in [1.82, 2.24) is 0 Å². The normalized spacial score (nSPS) is 12.8. The third kappa shape index (κ3) is 4.19. The highest BCUT2D eigenvalue weighted by Crippen LogP contribution is 2.41. The molecule has 2 aliphatic rings. The molecule has 8 heteroatoms. The van der Waals surface area contributed by atoms with Gasteiger partial charge in [0.15, 0.2) is 42.3 Å². The van der Waals surface area contributed by atoms with Crippen LogP contribution >= 0.6 is 0 Å². The van der Waals surface area contributed by atoms with Crippen LogP contribution in [0.5, 0.6) is 23.0 Å². The lowest BCUT2D eigenvalue weighted by molar-refractivity contribution is -0.686. The summed E-state index contributed by atoms with van der Waals surface area (Å²) >= 11 is 0. The maximum absolute atomic E-state index is 12.5. The number of rotatable bonds is 5. The molecule has 0 aliphatic carbocycles. The van der Waals surface area contributed by atoms with Crippen LogP contribution in [-0.4, -0.2) is 26.4 Å². The van der Waals surface area contributed by atoms with Gasteiger partial charge >= 0.3 is 0 Å². The third-order valence-corrected chi connectivity index (χ3v) is 6.20. The predicted molar refractivity (Wildman–Crippen MR) is 127 cm³/mol. The maximum atomic E-state index is 12.5. The first kappa shape index (κ1) is 22.8. The smallest absolute Gasteiger partial charge is 0.262 e. The van der Waals surface area contributed by atoms with E-state index in [9.17, 15) is 4.79 Å².